The van der Waals surface area contributed by atoms with Crippen molar-refractivity contribution in [3.63, 3.8) is 0 Å². The number of aliphatic hydroxyl groups excluding tert-OH is 1. The molecule has 0 bridgehead atoms. The van der Waals surface area contributed by atoms with Gasteiger partial charge in [-0.3, -0.25) is 22.7 Å². The van der Waals surface area contributed by atoms with E-state index in [1.165, 1.54) is 34.4 Å². The highest BCUT2D eigenvalue weighted by Gasteiger charge is 2.54. The zero-order valence-electron chi connectivity index (χ0n) is 26.3. The minimum Gasteiger partial charge on any atom is -0.386 e. The van der Waals surface area contributed by atoms with Gasteiger partial charge in [-0.05, 0) is 63.5 Å². The summed E-state index contributed by atoms with van der Waals surface area (Å²) in [5, 5.41) is 11.5. The van der Waals surface area contributed by atoms with Crippen LogP contribution in [-0.2, 0) is 49.7 Å². The predicted molar refractivity (Wildman–Crippen MR) is 194 cm³/mol. The molecule has 6 N–H and O–H groups in total. The SMILES string of the molecule is Nc1ncnc2c1ncn2[C@@H]1OC2COP(=O)(SCc3ccc(I)cc3)O[C@@H]3C(COP(O)(=S)O[C@H]2[C@H]1O)O[C@@H](n1cnc2c(N)ncnc21)[C@@H]3F. The number of imidazole rings is 2. The second-order valence-corrected chi connectivity index (χ2v) is 19.8. The monoisotopic (exact) mass is 908 g/mol. The van der Waals surface area contributed by atoms with E-state index in [0.717, 1.165) is 20.5 Å². The summed E-state index contributed by atoms with van der Waals surface area (Å²) in [6.07, 6.45) is -6.56. The van der Waals surface area contributed by atoms with Gasteiger partial charge >= 0.3 is 13.5 Å². The van der Waals surface area contributed by atoms with Crippen molar-refractivity contribution >= 4 is 93.3 Å². The molecule has 25 heteroatoms. The third kappa shape index (κ3) is 6.95. The van der Waals surface area contributed by atoms with Crippen LogP contribution in [0.1, 0.15) is 18.0 Å². The second-order valence-electron chi connectivity index (χ2n) is 11.8. The van der Waals surface area contributed by atoms with Gasteiger partial charge in [-0.25, -0.2) is 38.9 Å². The Hall–Kier alpha value is -2.51. The van der Waals surface area contributed by atoms with Crippen molar-refractivity contribution in [2.45, 2.75) is 54.9 Å². The first-order valence-electron chi connectivity index (χ1n) is 15.4. The molecule has 5 aromatic rings. The number of alkyl halides is 1. The fourth-order valence-corrected chi connectivity index (χ4v) is 11.2. The molecule has 52 heavy (non-hydrogen) atoms. The van der Waals surface area contributed by atoms with Crippen LogP contribution in [0, 0.1) is 3.57 Å². The summed E-state index contributed by atoms with van der Waals surface area (Å²) in [7, 11) is 0. The summed E-state index contributed by atoms with van der Waals surface area (Å²) >= 11 is 8.31. The van der Waals surface area contributed by atoms with Crippen LogP contribution in [0.15, 0.2) is 49.6 Å². The van der Waals surface area contributed by atoms with Crippen LogP contribution in [0.4, 0.5) is 16.0 Å². The lowest BCUT2D eigenvalue weighted by atomic mass is 10.1. The summed E-state index contributed by atoms with van der Waals surface area (Å²) < 4.78 is 70.8. The van der Waals surface area contributed by atoms with Crippen molar-refractivity contribution in [2.24, 2.45) is 0 Å². The van der Waals surface area contributed by atoms with Crippen molar-refractivity contribution in [1.29, 1.82) is 0 Å². The molecule has 3 aliphatic heterocycles. The van der Waals surface area contributed by atoms with Gasteiger partial charge in [-0.15, -0.1) is 0 Å². The van der Waals surface area contributed by atoms with Gasteiger partial charge in [-0.1, -0.05) is 12.1 Å². The molecule has 276 valence electrons. The quantitative estimate of drug-likeness (QED) is 0.146. The maximum atomic E-state index is 16.6. The number of ether oxygens (including phenoxy) is 2. The second kappa shape index (κ2) is 14.3. The number of nitrogens with two attached hydrogens (primary N) is 2. The minimum absolute atomic E-state index is 0.0714. The Morgan fingerprint density at radius 2 is 1.46 bits per heavy atom. The topological polar surface area (TPSA) is 252 Å². The molecule has 1 aromatic carbocycles. The molecular formula is C27H28FIN10O9P2S2. The van der Waals surface area contributed by atoms with E-state index in [9.17, 15) is 14.6 Å². The van der Waals surface area contributed by atoms with Gasteiger partial charge in [0.25, 0.3) is 0 Å². The Morgan fingerprint density at radius 3 is 2.12 bits per heavy atom. The molecule has 0 radical (unpaired) electrons. The number of benzene rings is 1. The Kier molecular flexibility index (Phi) is 10.0. The first kappa shape index (κ1) is 36.5. The van der Waals surface area contributed by atoms with E-state index >= 15 is 4.39 Å². The maximum absolute atomic E-state index is 16.6. The number of rotatable bonds is 5. The van der Waals surface area contributed by atoms with Gasteiger partial charge in [0.1, 0.15) is 54.2 Å². The van der Waals surface area contributed by atoms with Crippen molar-refractivity contribution in [2.75, 3.05) is 24.7 Å². The van der Waals surface area contributed by atoms with Gasteiger partial charge in [-0.2, -0.15) is 0 Å². The maximum Gasteiger partial charge on any atom is 0.389 e. The van der Waals surface area contributed by atoms with Gasteiger partial charge in [0, 0.05) is 9.32 Å². The summed E-state index contributed by atoms with van der Waals surface area (Å²) in [6.45, 7) is -9.62. The molecule has 0 spiro atoms. The van der Waals surface area contributed by atoms with Crippen LogP contribution in [0.5, 0.6) is 0 Å². The van der Waals surface area contributed by atoms with E-state index < -0.39 is 75.9 Å². The number of aliphatic hydroxyl groups is 1. The Bertz CT molecular complexity index is 2230. The highest BCUT2D eigenvalue weighted by atomic mass is 127. The zero-order chi connectivity index (χ0) is 36.4. The summed E-state index contributed by atoms with van der Waals surface area (Å²) in [6, 6.07) is 7.47. The largest absolute Gasteiger partial charge is 0.389 e. The average molecular weight is 909 g/mol. The summed E-state index contributed by atoms with van der Waals surface area (Å²) in [5.74, 6) is 0.328. The standard InChI is InChI=1S/C27H28FIN10O9P2S2/c28-16-20-14(45-26(16)38-10-36-17-22(30)32-8-34-24(17)38)5-43-49(41,51)47-21-15(6-44-50(42,48-20)52-7-12-1-3-13(29)4-2-12)46-27(19(21)40)39-11-37-18-23(31)33-9-35-25(18)39/h1-4,8-11,14-16,19-21,26-27,40H,5-7H2,(H,41,51)(H2,30,32,34)(H2,31,33,35)/t14?,15?,16-,19-,20-,21-,26-,27-,49?,50?/m1/s1. The molecule has 0 saturated carbocycles. The number of nitrogen functional groups attached to an aromatic ring is 2. The first-order chi connectivity index (χ1) is 24.9. The van der Waals surface area contributed by atoms with Crippen LogP contribution < -0.4 is 11.5 Å². The van der Waals surface area contributed by atoms with Crippen molar-refractivity contribution < 1.29 is 46.5 Å². The highest BCUT2D eigenvalue weighted by Crippen LogP contribution is 2.65. The number of aromatic nitrogens is 8. The lowest BCUT2D eigenvalue weighted by Crippen LogP contribution is -2.38. The van der Waals surface area contributed by atoms with Gasteiger partial charge < -0.3 is 35.5 Å². The molecule has 3 fully saturated rings. The summed E-state index contributed by atoms with van der Waals surface area (Å²) in [4.78, 5) is 35.9. The van der Waals surface area contributed by atoms with E-state index in [-0.39, 0.29) is 39.7 Å². The molecule has 7 heterocycles. The van der Waals surface area contributed by atoms with Crippen molar-refractivity contribution in [3.05, 3.63) is 58.7 Å². The number of hydrogen-bond acceptors (Lipinski definition) is 18. The molecule has 19 nitrogen and oxygen atoms in total. The van der Waals surface area contributed by atoms with Crippen LogP contribution >= 0.6 is 47.5 Å². The molecule has 10 atom stereocenters. The minimum atomic E-state index is -4.32. The van der Waals surface area contributed by atoms with Crippen LogP contribution in [0.3, 0.4) is 0 Å². The van der Waals surface area contributed by atoms with Crippen molar-refractivity contribution in [1.82, 2.24) is 39.0 Å². The Labute approximate surface area is 315 Å². The molecule has 0 aliphatic carbocycles. The third-order valence-corrected chi connectivity index (χ3v) is 14.4. The molecule has 0 amide bonds. The lowest BCUT2D eigenvalue weighted by Gasteiger charge is -2.30. The normalized spacial score (nSPS) is 34.2. The number of nitrogens with zero attached hydrogens (tertiary/aromatic N) is 8. The van der Waals surface area contributed by atoms with Crippen LogP contribution in [-0.4, -0.2) is 98.9 Å². The molecule has 3 saturated heterocycles. The van der Waals surface area contributed by atoms with Crippen molar-refractivity contribution in [3.8, 4) is 0 Å². The van der Waals surface area contributed by atoms with E-state index in [0.29, 0.717) is 0 Å². The lowest BCUT2D eigenvalue weighted by molar-refractivity contribution is -0.0570. The fraction of sp³-hybridized carbons (Fsp3) is 0.407. The molecule has 4 unspecified atom stereocenters. The fourth-order valence-electron chi connectivity index (χ4n) is 6.00. The third-order valence-electron chi connectivity index (χ3n) is 8.51. The Morgan fingerprint density at radius 1 is 0.885 bits per heavy atom. The molecule has 8 rings (SSSR count). The van der Waals surface area contributed by atoms with E-state index in [1.807, 2.05) is 24.3 Å². The van der Waals surface area contributed by atoms with Gasteiger partial charge in [0.15, 0.2) is 41.6 Å². The average Bonchev–Trinajstić information content (AvgIpc) is 3.88. The predicted octanol–water partition coefficient (Wildman–Crippen LogP) is 3.00. The number of fused-ring (bicyclic) bond motifs is 4. The molecular weight excluding hydrogens is 880 g/mol. The van der Waals surface area contributed by atoms with E-state index in [1.54, 1.807) is 0 Å². The van der Waals surface area contributed by atoms with Crippen LogP contribution in [0.2, 0.25) is 0 Å². The number of halogens is 2. The highest BCUT2D eigenvalue weighted by molar-refractivity contribution is 14.1. The van der Waals surface area contributed by atoms with Crippen LogP contribution in [0.25, 0.3) is 22.3 Å². The van der Waals surface area contributed by atoms with E-state index in [2.05, 4.69) is 52.5 Å². The van der Waals surface area contributed by atoms with E-state index in [4.69, 9.17) is 50.8 Å². The number of anilines is 2. The molecule has 4 aromatic heterocycles. The van der Waals surface area contributed by atoms with Gasteiger partial charge in [0.2, 0.25) is 0 Å². The van der Waals surface area contributed by atoms with Gasteiger partial charge in [0.05, 0.1) is 25.9 Å². The Balaban J connectivity index is 1.12. The number of hydrogen-bond donors (Lipinski definition) is 4. The molecule has 3 aliphatic rings. The zero-order valence-corrected chi connectivity index (χ0v) is 31.9. The smallest absolute Gasteiger partial charge is 0.386 e. The first-order valence-corrected chi connectivity index (χ1v) is 22.2. The summed E-state index contributed by atoms with van der Waals surface area (Å²) in [5.41, 5.74) is 13.6.